The smallest absolute Gasteiger partial charge is 0.399 e. The summed E-state index contributed by atoms with van der Waals surface area (Å²) in [7, 11) is -0.367. The van der Waals surface area contributed by atoms with Crippen LogP contribution in [0.2, 0.25) is 0 Å². The average Bonchev–Trinajstić information content (AvgIpc) is 2.75. The van der Waals surface area contributed by atoms with E-state index in [4.69, 9.17) is 9.31 Å². The lowest BCUT2D eigenvalue weighted by atomic mass is 9.75. The van der Waals surface area contributed by atoms with Crippen molar-refractivity contribution >= 4 is 18.6 Å². The zero-order valence-corrected chi connectivity index (χ0v) is 16.2. The zero-order valence-electron chi connectivity index (χ0n) is 16.2. The molecule has 3 rings (SSSR count). The normalized spacial score (nSPS) is 21.2. The van der Waals surface area contributed by atoms with Crippen molar-refractivity contribution in [2.45, 2.75) is 65.7 Å². The van der Waals surface area contributed by atoms with Gasteiger partial charge in [0, 0.05) is 19.6 Å². The van der Waals surface area contributed by atoms with Gasteiger partial charge < -0.3 is 19.5 Å². The summed E-state index contributed by atoms with van der Waals surface area (Å²) in [6, 6.07) is 4.32. The molecule has 2 aliphatic rings. The molecular formula is C19H29BN2O3. The number of aryl methyl sites for hydroxylation is 1. The average molecular weight is 344 g/mol. The molecule has 2 aliphatic heterocycles. The molecule has 0 bridgehead atoms. The molecule has 0 spiro atoms. The molecule has 0 unspecified atom stereocenters. The van der Waals surface area contributed by atoms with Crippen LogP contribution >= 0.6 is 0 Å². The van der Waals surface area contributed by atoms with Crippen LogP contribution in [0.5, 0.6) is 0 Å². The Hall–Kier alpha value is -1.53. The van der Waals surface area contributed by atoms with E-state index >= 15 is 0 Å². The van der Waals surface area contributed by atoms with Gasteiger partial charge in [0.05, 0.1) is 11.2 Å². The summed E-state index contributed by atoms with van der Waals surface area (Å²) >= 11 is 0. The van der Waals surface area contributed by atoms with Crippen LogP contribution in [0.15, 0.2) is 12.1 Å². The van der Waals surface area contributed by atoms with E-state index in [1.54, 1.807) is 0 Å². The van der Waals surface area contributed by atoms with Crippen molar-refractivity contribution < 1.29 is 14.1 Å². The van der Waals surface area contributed by atoms with Crippen LogP contribution in [0.3, 0.4) is 0 Å². The van der Waals surface area contributed by atoms with E-state index in [9.17, 15) is 4.79 Å². The molecule has 0 saturated carbocycles. The van der Waals surface area contributed by atoms with Gasteiger partial charge in [0.25, 0.3) is 0 Å². The minimum atomic E-state index is -0.367. The van der Waals surface area contributed by atoms with E-state index in [1.807, 2.05) is 11.8 Å². The summed E-state index contributed by atoms with van der Waals surface area (Å²) < 4.78 is 12.4. The molecule has 0 radical (unpaired) electrons. The van der Waals surface area contributed by atoms with Crippen molar-refractivity contribution in [3.63, 3.8) is 0 Å². The molecule has 1 aromatic carbocycles. The number of nitrogens with zero attached hydrogens (tertiary/aromatic N) is 1. The molecule has 1 saturated heterocycles. The van der Waals surface area contributed by atoms with E-state index in [1.165, 1.54) is 16.7 Å². The third-order valence-electron chi connectivity index (χ3n) is 5.72. The fourth-order valence-electron chi connectivity index (χ4n) is 3.50. The Morgan fingerprint density at radius 2 is 1.88 bits per heavy atom. The molecule has 1 N–H and O–H groups in total. The van der Waals surface area contributed by atoms with Crippen LogP contribution < -0.4 is 10.8 Å². The maximum atomic E-state index is 12.2. The molecule has 0 atom stereocenters. The van der Waals surface area contributed by atoms with Crippen molar-refractivity contribution in [2.24, 2.45) is 0 Å². The zero-order chi connectivity index (χ0) is 18.4. The first kappa shape index (κ1) is 18.3. The van der Waals surface area contributed by atoms with Gasteiger partial charge in [0.15, 0.2) is 0 Å². The fourth-order valence-corrected chi connectivity index (χ4v) is 3.50. The van der Waals surface area contributed by atoms with E-state index < -0.39 is 0 Å². The Morgan fingerprint density at radius 1 is 1.24 bits per heavy atom. The van der Waals surface area contributed by atoms with Crippen molar-refractivity contribution in [1.29, 1.82) is 0 Å². The minimum absolute atomic E-state index is 0.00633. The molecular weight excluding hydrogens is 315 g/mol. The van der Waals surface area contributed by atoms with Gasteiger partial charge in [-0.1, -0.05) is 12.1 Å². The molecule has 1 aromatic rings. The third-order valence-corrected chi connectivity index (χ3v) is 5.72. The quantitative estimate of drug-likeness (QED) is 0.838. The van der Waals surface area contributed by atoms with Crippen molar-refractivity contribution in [3.8, 4) is 0 Å². The lowest BCUT2D eigenvalue weighted by Crippen LogP contribution is -2.43. The topological polar surface area (TPSA) is 50.8 Å². The molecule has 2 heterocycles. The number of hydrogen-bond donors (Lipinski definition) is 1. The highest BCUT2D eigenvalue weighted by Gasteiger charge is 2.51. The Morgan fingerprint density at radius 3 is 2.48 bits per heavy atom. The highest BCUT2D eigenvalue weighted by molar-refractivity contribution is 6.62. The number of amides is 2. The van der Waals surface area contributed by atoms with Gasteiger partial charge >= 0.3 is 13.1 Å². The van der Waals surface area contributed by atoms with Gasteiger partial charge in [-0.05, 0) is 70.1 Å². The van der Waals surface area contributed by atoms with Crippen molar-refractivity contribution in [1.82, 2.24) is 10.2 Å². The molecule has 5 nitrogen and oxygen atoms in total. The molecule has 25 heavy (non-hydrogen) atoms. The summed E-state index contributed by atoms with van der Waals surface area (Å²) in [5.41, 5.74) is 4.12. The van der Waals surface area contributed by atoms with Crippen LogP contribution in [0.25, 0.3) is 0 Å². The van der Waals surface area contributed by atoms with Gasteiger partial charge in [-0.15, -0.1) is 0 Å². The van der Waals surface area contributed by atoms with Gasteiger partial charge in [-0.25, -0.2) is 4.79 Å². The number of carbonyl (C=O) groups excluding carboxylic acids is 1. The lowest BCUT2D eigenvalue weighted by Gasteiger charge is -2.32. The summed E-state index contributed by atoms with van der Waals surface area (Å²) in [4.78, 5) is 14.0. The summed E-state index contributed by atoms with van der Waals surface area (Å²) in [5.74, 6) is 0. The summed E-state index contributed by atoms with van der Waals surface area (Å²) in [6.07, 6.45) is 0.891. The molecule has 1 fully saturated rings. The monoisotopic (exact) mass is 344 g/mol. The van der Waals surface area contributed by atoms with Gasteiger partial charge in [0.2, 0.25) is 0 Å². The van der Waals surface area contributed by atoms with Crippen molar-refractivity contribution in [3.05, 3.63) is 28.8 Å². The second-order valence-corrected chi connectivity index (χ2v) is 8.07. The van der Waals surface area contributed by atoms with E-state index in [0.717, 1.165) is 18.4 Å². The number of benzene rings is 1. The summed E-state index contributed by atoms with van der Waals surface area (Å²) in [5, 5.41) is 2.89. The van der Waals surface area contributed by atoms with E-state index in [0.29, 0.717) is 13.1 Å². The van der Waals surface area contributed by atoms with E-state index in [-0.39, 0.29) is 24.4 Å². The maximum Gasteiger partial charge on any atom is 0.494 e. The van der Waals surface area contributed by atoms with Gasteiger partial charge in [-0.2, -0.15) is 0 Å². The first-order chi connectivity index (χ1) is 11.6. The largest absolute Gasteiger partial charge is 0.494 e. The van der Waals surface area contributed by atoms with Gasteiger partial charge in [0.1, 0.15) is 0 Å². The SMILES string of the molecule is CCNC(=O)N1CCc2c(C)cc(B3OC(C)(C)C(C)(C)O3)cc2C1. The number of fused-ring (bicyclic) bond motifs is 1. The third kappa shape index (κ3) is 3.29. The second kappa shape index (κ2) is 6.33. The van der Waals surface area contributed by atoms with Crippen LogP contribution in [0.4, 0.5) is 4.79 Å². The van der Waals surface area contributed by atoms with Gasteiger partial charge in [-0.3, -0.25) is 0 Å². The number of nitrogens with one attached hydrogen (secondary N) is 1. The molecule has 0 aliphatic carbocycles. The lowest BCUT2D eigenvalue weighted by molar-refractivity contribution is 0.00578. The fraction of sp³-hybridized carbons (Fsp3) is 0.632. The number of rotatable bonds is 2. The summed E-state index contributed by atoms with van der Waals surface area (Å²) in [6.45, 7) is 14.4. The first-order valence-electron chi connectivity index (χ1n) is 9.15. The number of urea groups is 1. The van der Waals surface area contributed by atoms with Crippen LogP contribution in [0, 0.1) is 6.92 Å². The standard InChI is InChI=1S/C19H29BN2O3/c1-7-21-17(23)22-9-8-16-13(2)10-15(11-14(16)12-22)20-24-18(3,4)19(5,6)25-20/h10-11H,7-9,12H2,1-6H3,(H,21,23). The Bertz CT molecular complexity index is 671. The minimum Gasteiger partial charge on any atom is -0.399 e. The molecule has 2 amide bonds. The highest BCUT2D eigenvalue weighted by atomic mass is 16.7. The predicted octanol–water partition coefficient (Wildman–Crippen LogP) is 2.38. The Balaban J connectivity index is 1.87. The van der Waals surface area contributed by atoms with Crippen LogP contribution in [0.1, 0.15) is 51.3 Å². The van der Waals surface area contributed by atoms with Crippen LogP contribution in [-0.4, -0.2) is 42.3 Å². The Labute approximate surface area is 151 Å². The number of hydrogen-bond acceptors (Lipinski definition) is 3. The molecule has 6 heteroatoms. The molecule has 0 aromatic heterocycles. The van der Waals surface area contributed by atoms with Crippen LogP contribution in [-0.2, 0) is 22.3 Å². The predicted molar refractivity (Wildman–Crippen MR) is 100 cm³/mol. The second-order valence-electron chi connectivity index (χ2n) is 8.07. The Kier molecular flexibility index (Phi) is 4.62. The van der Waals surface area contributed by atoms with E-state index in [2.05, 4.69) is 52.1 Å². The number of carbonyl (C=O) groups is 1. The maximum absolute atomic E-state index is 12.2. The molecule has 136 valence electrons. The highest BCUT2D eigenvalue weighted by Crippen LogP contribution is 2.36. The van der Waals surface area contributed by atoms with Crippen molar-refractivity contribution in [2.75, 3.05) is 13.1 Å². The first-order valence-corrected chi connectivity index (χ1v) is 9.15.